The van der Waals surface area contributed by atoms with Crippen LogP contribution in [0.1, 0.15) is 32.1 Å². The Hall–Kier alpha value is -2.02. The van der Waals surface area contributed by atoms with Gasteiger partial charge in [0.05, 0.1) is 23.3 Å². The fraction of sp³-hybridized carbons (Fsp3) is 0.600. The van der Waals surface area contributed by atoms with Crippen molar-refractivity contribution in [2.75, 3.05) is 32.8 Å². The topological polar surface area (TPSA) is 90.7 Å². The lowest BCUT2D eigenvalue weighted by atomic mass is 9.96. The van der Waals surface area contributed by atoms with Crippen molar-refractivity contribution >= 4 is 15.9 Å². The van der Waals surface area contributed by atoms with E-state index in [1.165, 1.54) is 16.4 Å². The van der Waals surface area contributed by atoms with Crippen molar-refractivity contribution in [1.29, 1.82) is 5.26 Å². The number of ether oxygens (including phenoxy) is 1. The van der Waals surface area contributed by atoms with Crippen molar-refractivity contribution < 1.29 is 22.3 Å². The number of carbonyl (C=O) groups is 1. The Morgan fingerprint density at radius 2 is 1.93 bits per heavy atom. The standard InChI is InChI=1S/C20H26FN3O4S/c21-17-4-6-19(7-5-17)29(26,27)23-11-1-3-16(15-23)20(25)24(12-2-10-22)18-8-13-28-14-9-18/h4-7,16,18H,1-3,8-9,11-15H2. The molecule has 2 saturated heterocycles. The van der Waals surface area contributed by atoms with Gasteiger partial charge in [-0.25, -0.2) is 12.8 Å². The first kappa shape index (κ1) is 21.7. The zero-order chi connectivity index (χ0) is 20.9. The summed E-state index contributed by atoms with van der Waals surface area (Å²) in [6.45, 7) is 1.94. The third-order valence-corrected chi connectivity index (χ3v) is 7.44. The van der Waals surface area contributed by atoms with Crippen LogP contribution in [0, 0.1) is 23.1 Å². The van der Waals surface area contributed by atoms with Gasteiger partial charge in [0.15, 0.2) is 0 Å². The molecule has 0 spiro atoms. The minimum atomic E-state index is -3.79. The molecule has 0 aromatic heterocycles. The number of piperidine rings is 1. The summed E-state index contributed by atoms with van der Waals surface area (Å²) in [5, 5.41) is 8.97. The zero-order valence-corrected chi connectivity index (χ0v) is 17.1. The number of benzene rings is 1. The number of sulfonamides is 1. The summed E-state index contributed by atoms with van der Waals surface area (Å²) >= 11 is 0. The summed E-state index contributed by atoms with van der Waals surface area (Å²) in [4.78, 5) is 15.0. The maximum atomic E-state index is 13.3. The molecule has 2 aliphatic heterocycles. The number of nitrogens with zero attached hydrogens (tertiary/aromatic N) is 3. The van der Waals surface area contributed by atoms with Gasteiger partial charge in [0.25, 0.3) is 0 Å². The van der Waals surface area contributed by atoms with E-state index in [-0.39, 0.29) is 29.8 Å². The van der Waals surface area contributed by atoms with Gasteiger partial charge in [-0.1, -0.05) is 0 Å². The molecule has 9 heteroatoms. The number of hydrogen-bond donors (Lipinski definition) is 0. The maximum Gasteiger partial charge on any atom is 0.243 e. The average molecular weight is 424 g/mol. The molecule has 7 nitrogen and oxygen atoms in total. The Balaban J connectivity index is 1.74. The summed E-state index contributed by atoms with van der Waals surface area (Å²) in [5.41, 5.74) is 0. The van der Waals surface area contributed by atoms with Crippen molar-refractivity contribution in [3.63, 3.8) is 0 Å². The predicted octanol–water partition coefficient (Wildman–Crippen LogP) is 2.15. The van der Waals surface area contributed by atoms with E-state index in [0.717, 1.165) is 25.0 Å². The lowest BCUT2D eigenvalue weighted by Gasteiger charge is -2.38. The van der Waals surface area contributed by atoms with Gasteiger partial charge in [-0.3, -0.25) is 4.79 Å². The van der Waals surface area contributed by atoms with Crippen molar-refractivity contribution in [1.82, 2.24) is 9.21 Å². The van der Waals surface area contributed by atoms with Gasteiger partial charge in [0.2, 0.25) is 15.9 Å². The van der Waals surface area contributed by atoms with Gasteiger partial charge >= 0.3 is 0 Å². The predicted molar refractivity (Wildman–Crippen MR) is 104 cm³/mol. The molecule has 2 heterocycles. The number of nitriles is 1. The molecule has 1 aromatic carbocycles. The van der Waals surface area contributed by atoms with Crippen LogP contribution < -0.4 is 0 Å². The number of hydrogen-bond acceptors (Lipinski definition) is 5. The van der Waals surface area contributed by atoms with Gasteiger partial charge in [-0.2, -0.15) is 9.57 Å². The van der Waals surface area contributed by atoms with E-state index in [0.29, 0.717) is 39.1 Å². The molecule has 3 rings (SSSR count). The van der Waals surface area contributed by atoms with Crippen molar-refractivity contribution in [2.45, 2.75) is 43.0 Å². The molecule has 158 valence electrons. The largest absolute Gasteiger partial charge is 0.381 e. The number of amides is 1. The number of carbonyl (C=O) groups excluding carboxylic acids is 1. The molecular weight excluding hydrogens is 397 g/mol. The Kier molecular flexibility index (Phi) is 7.22. The first-order valence-corrected chi connectivity index (χ1v) is 11.4. The highest BCUT2D eigenvalue weighted by Crippen LogP contribution is 2.27. The van der Waals surface area contributed by atoms with E-state index < -0.39 is 21.8 Å². The minimum absolute atomic E-state index is 0.0219. The first-order valence-electron chi connectivity index (χ1n) is 9.94. The molecule has 1 atom stereocenters. The molecule has 1 unspecified atom stereocenters. The highest BCUT2D eigenvalue weighted by molar-refractivity contribution is 7.89. The second-order valence-electron chi connectivity index (χ2n) is 7.44. The smallest absolute Gasteiger partial charge is 0.243 e. The number of halogens is 1. The minimum Gasteiger partial charge on any atom is -0.381 e. The summed E-state index contributed by atoms with van der Waals surface area (Å²) in [6.07, 6.45) is 2.88. The summed E-state index contributed by atoms with van der Waals surface area (Å²) in [6, 6.07) is 6.85. The highest BCUT2D eigenvalue weighted by Gasteiger charge is 2.37. The van der Waals surface area contributed by atoms with Crippen molar-refractivity contribution in [2.24, 2.45) is 5.92 Å². The number of rotatable bonds is 6. The molecule has 0 radical (unpaired) electrons. The van der Waals surface area contributed by atoms with Gasteiger partial charge in [0.1, 0.15) is 5.82 Å². The van der Waals surface area contributed by atoms with Crippen LogP contribution in [0.2, 0.25) is 0 Å². The van der Waals surface area contributed by atoms with Crippen LogP contribution in [-0.2, 0) is 19.6 Å². The SMILES string of the molecule is N#CCCN(C(=O)C1CCCN(S(=O)(=O)c2ccc(F)cc2)C1)C1CCOCC1. The Morgan fingerprint density at radius 3 is 2.59 bits per heavy atom. The third-order valence-electron chi connectivity index (χ3n) is 5.56. The molecule has 0 aliphatic carbocycles. The van der Waals surface area contributed by atoms with Crippen LogP contribution in [-0.4, -0.2) is 62.4 Å². The van der Waals surface area contributed by atoms with Crippen LogP contribution in [0.3, 0.4) is 0 Å². The monoisotopic (exact) mass is 423 g/mol. The highest BCUT2D eigenvalue weighted by atomic mass is 32.2. The van der Waals surface area contributed by atoms with E-state index in [9.17, 15) is 17.6 Å². The second-order valence-corrected chi connectivity index (χ2v) is 9.38. The van der Waals surface area contributed by atoms with Crippen LogP contribution in [0.15, 0.2) is 29.2 Å². The van der Waals surface area contributed by atoms with Gasteiger partial charge in [-0.05, 0) is 49.9 Å². The van der Waals surface area contributed by atoms with Crippen LogP contribution in [0.5, 0.6) is 0 Å². The molecular formula is C20H26FN3O4S. The van der Waals surface area contributed by atoms with Crippen LogP contribution in [0.4, 0.5) is 4.39 Å². The summed E-state index contributed by atoms with van der Waals surface area (Å²) in [7, 11) is -3.79. The van der Waals surface area contributed by atoms with Crippen LogP contribution >= 0.6 is 0 Å². The van der Waals surface area contributed by atoms with E-state index in [2.05, 4.69) is 6.07 Å². The summed E-state index contributed by atoms with van der Waals surface area (Å²) in [5.74, 6) is -1.04. The lowest BCUT2D eigenvalue weighted by molar-refractivity contribution is -0.141. The van der Waals surface area contributed by atoms with Crippen LogP contribution in [0.25, 0.3) is 0 Å². The molecule has 1 aromatic rings. The first-order chi connectivity index (χ1) is 13.9. The third kappa shape index (κ3) is 5.13. The fourth-order valence-corrected chi connectivity index (χ4v) is 5.52. The zero-order valence-electron chi connectivity index (χ0n) is 16.3. The summed E-state index contributed by atoms with van der Waals surface area (Å²) < 4.78 is 45.7. The van der Waals surface area contributed by atoms with Crippen molar-refractivity contribution in [3.8, 4) is 6.07 Å². The molecule has 0 saturated carbocycles. The molecule has 29 heavy (non-hydrogen) atoms. The maximum absolute atomic E-state index is 13.3. The lowest BCUT2D eigenvalue weighted by Crippen LogP contribution is -2.51. The quantitative estimate of drug-likeness (QED) is 0.699. The Bertz CT molecular complexity index is 847. The molecule has 2 aliphatic rings. The molecule has 2 fully saturated rings. The molecule has 1 amide bonds. The van der Waals surface area contributed by atoms with Gasteiger partial charge in [0, 0.05) is 38.9 Å². The normalized spacial score (nSPS) is 21.4. The Morgan fingerprint density at radius 1 is 1.24 bits per heavy atom. The second kappa shape index (κ2) is 9.65. The fourth-order valence-electron chi connectivity index (χ4n) is 3.99. The van der Waals surface area contributed by atoms with E-state index in [1.54, 1.807) is 4.90 Å². The van der Waals surface area contributed by atoms with Gasteiger partial charge < -0.3 is 9.64 Å². The van der Waals surface area contributed by atoms with E-state index in [1.807, 2.05) is 0 Å². The Labute approximate surface area is 171 Å². The molecule has 0 bridgehead atoms. The molecule has 0 N–H and O–H groups in total. The van der Waals surface area contributed by atoms with E-state index >= 15 is 0 Å². The van der Waals surface area contributed by atoms with Gasteiger partial charge in [-0.15, -0.1) is 0 Å². The van der Waals surface area contributed by atoms with E-state index in [4.69, 9.17) is 10.00 Å². The average Bonchev–Trinajstić information content (AvgIpc) is 2.75. The van der Waals surface area contributed by atoms with Crippen molar-refractivity contribution in [3.05, 3.63) is 30.1 Å².